The highest BCUT2D eigenvalue weighted by atomic mass is 19.4. The van der Waals surface area contributed by atoms with Crippen LogP contribution in [0.2, 0.25) is 0 Å². The Kier molecular flexibility index (Phi) is 7.06. The zero-order chi connectivity index (χ0) is 21.7. The molecule has 3 amide bonds. The minimum atomic E-state index is -4.38. The fraction of sp³-hybridized carbons (Fsp3) is 0.600. The molecule has 1 aromatic rings. The van der Waals surface area contributed by atoms with Crippen LogP contribution in [0, 0.1) is 5.92 Å². The molecular formula is C20H26F3N3O4. The third-order valence-corrected chi connectivity index (χ3v) is 5.27. The number of nitrogens with zero attached hydrogens (tertiary/aromatic N) is 2. The lowest BCUT2D eigenvalue weighted by Crippen LogP contribution is -2.59. The molecule has 2 saturated heterocycles. The summed E-state index contributed by atoms with van der Waals surface area (Å²) in [4.78, 5) is 27.6. The molecule has 1 unspecified atom stereocenters. The molecule has 1 atom stereocenters. The molecule has 7 nitrogen and oxygen atoms in total. The molecule has 0 saturated carbocycles. The van der Waals surface area contributed by atoms with Gasteiger partial charge in [-0.25, -0.2) is 4.79 Å². The second kappa shape index (κ2) is 9.55. The Balaban J connectivity index is 1.46. The number of rotatable bonds is 3. The van der Waals surface area contributed by atoms with E-state index in [9.17, 15) is 22.8 Å². The Morgan fingerprint density at radius 3 is 2.57 bits per heavy atom. The van der Waals surface area contributed by atoms with Gasteiger partial charge in [0.05, 0.1) is 5.56 Å². The van der Waals surface area contributed by atoms with Crippen molar-refractivity contribution in [2.45, 2.75) is 25.6 Å². The van der Waals surface area contributed by atoms with E-state index in [1.54, 1.807) is 9.80 Å². The predicted octanol–water partition coefficient (Wildman–Crippen LogP) is 2.36. The first-order chi connectivity index (χ1) is 14.2. The first-order valence-electron chi connectivity index (χ1n) is 9.96. The molecule has 2 fully saturated rings. The smallest absolute Gasteiger partial charge is 0.416 e. The SMILES string of the molecule is CC(Oc1ccc(C(F)(F)F)cc1)C1CN(C(=O)N2CCCOCC(=O)NCC2)C1. The van der Waals surface area contributed by atoms with Gasteiger partial charge in [0.25, 0.3) is 0 Å². The van der Waals surface area contributed by atoms with Crippen molar-refractivity contribution in [1.29, 1.82) is 0 Å². The highest BCUT2D eigenvalue weighted by Gasteiger charge is 2.37. The number of urea groups is 1. The average Bonchev–Trinajstić information content (AvgIpc) is 2.65. The highest BCUT2D eigenvalue weighted by molar-refractivity contribution is 5.77. The van der Waals surface area contributed by atoms with Gasteiger partial charge in [0, 0.05) is 45.2 Å². The van der Waals surface area contributed by atoms with Crippen molar-refractivity contribution >= 4 is 11.9 Å². The summed E-state index contributed by atoms with van der Waals surface area (Å²) in [5.41, 5.74) is -0.718. The van der Waals surface area contributed by atoms with E-state index in [1.807, 2.05) is 6.92 Å². The van der Waals surface area contributed by atoms with Crippen LogP contribution in [0.5, 0.6) is 5.75 Å². The summed E-state index contributed by atoms with van der Waals surface area (Å²) in [6.45, 7) is 4.69. The lowest BCUT2D eigenvalue weighted by molar-refractivity contribution is -0.137. The molecule has 10 heteroatoms. The predicted molar refractivity (Wildman–Crippen MR) is 102 cm³/mol. The third kappa shape index (κ3) is 5.78. The van der Waals surface area contributed by atoms with Gasteiger partial charge in [0.1, 0.15) is 18.5 Å². The number of amides is 3. The summed E-state index contributed by atoms with van der Waals surface area (Å²) in [5.74, 6) is 0.273. The third-order valence-electron chi connectivity index (χ3n) is 5.27. The number of hydrogen-bond acceptors (Lipinski definition) is 4. The summed E-state index contributed by atoms with van der Waals surface area (Å²) >= 11 is 0. The topological polar surface area (TPSA) is 71.1 Å². The van der Waals surface area contributed by atoms with Gasteiger partial charge >= 0.3 is 12.2 Å². The lowest BCUT2D eigenvalue weighted by Gasteiger charge is -2.44. The number of halogens is 3. The molecule has 2 aliphatic rings. The summed E-state index contributed by atoms with van der Waals surface area (Å²) in [5, 5.41) is 2.71. The number of likely N-dealkylation sites (tertiary alicyclic amines) is 1. The van der Waals surface area contributed by atoms with Crippen molar-refractivity contribution in [3.05, 3.63) is 29.8 Å². The lowest BCUT2D eigenvalue weighted by atomic mass is 9.95. The van der Waals surface area contributed by atoms with Gasteiger partial charge in [0.15, 0.2) is 0 Å². The minimum absolute atomic E-state index is 0.0402. The Hall–Kier alpha value is -2.49. The van der Waals surface area contributed by atoms with Crippen LogP contribution in [0.3, 0.4) is 0 Å². The van der Waals surface area contributed by atoms with Crippen molar-refractivity contribution in [1.82, 2.24) is 15.1 Å². The van der Waals surface area contributed by atoms with E-state index in [4.69, 9.17) is 9.47 Å². The maximum absolute atomic E-state index is 12.7. The number of benzene rings is 1. The van der Waals surface area contributed by atoms with Crippen molar-refractivity contribution in [2.24, 2.45) is 5.92 Å². The second-order valence-electron chi connectivity index (χ2n) is 7.54. The van der Waals surface area contributed by atoms with E-state index in [-0.39, 0.29) is 30.6 Å². The van der Waals surface area contributed by atoms with E-state index >= 15 is 0 Å². The van der Waals surface area contributed by atoms with E-state index in [0.717, 1.165) is 12.1 Å². The molecule has 3 rings (SSSR count). The van der Waals surface area contributed by atoms with Crippen molar-refractivity contribution < 1.29 is 32.2 Å². The van der Waals surface area contributed by atoms with Crippen LogP contribution in [0.1, 0.15) is 18.9 Å². The summed E-state index contributed by atoms with van der Waals surface area (Å²) < 4.78 is 48.9. The van der Waals surface area contributed by atoms with E-state index in [0.29, 0.717) is 51.5 Å². The number of alkyl halides is 3. The van der Waals surface area contributed by atoms with Crippen LogP contribution < -0.4 is 10.1 Å². The summed E-state index contributed by atoms with van der Waals surface area (Å²) in [7, 11) is 0. The van der Waals surface area contributed by atoms with Crippen LogP contribution in [0.15, 0.2) is 24.3 Å². The van der Waals surface area contributed by atoms with Gasteiger partial charge in [-0.15, -0.1) is 0 Å². The molecule has 0 radical (unpaired) electrons. The maximum Gasteiger partial charge on any atom is 0.416 e. The fourth-order valence-corrected chi connectivity index (χ4v) is 3.41. The van der Waals surface area contributed by atoms with Gasteiger partial charge in [-0.05, 0) is 37.6 Å². The molecule has 1 N–H and O–H groups in total. The first kappa shape index (κ1) is 22.2. The van der Waals surface area contributed by atoms with Gasteiger partial charge < -0.3 is 24.6 Å². The molecule has 0 bridgehead atoms. The minimum Gasteiger partial charge on any atom is -0.490 e. The Morgan fingerprint density at radius 1 is 1.20 bits per heavy atom. The Labute approximate surface area is 173 Å². The van der Waals surface area contributed by atoms with Crippen LogP contribution in [0.25, 0.3) is 0 Å². The van der Waals surface area contributed by atoms with Crippen LogP contribution >= 0.6 is 0 Å². The zero-order valence-corrected chi connectivity index (χ0v) is 16.8. The number of hydrogen-bond donors (Lipinski definition) is 1. The van der Waals surface area contributed by atoms with Gasteiger partial charge in [-0.2, -0.15) is 13.2 Å². The second-order valence-corrected chi connectivity index (χ2v) is 7.54. The normalized spacial score (nSPS) is 20.2. The van der Waals surface area contributed by atoms with Crippen LogP contribution in [-0.2, 0) is 15.7 Å². The van der Waals surface area contributed by atoms with Gasteiger partial charge in [-0.1, -0.05) is 0 Å². The van der Waals surface area contributed by atoms with Crippen LogP contribution in [0.4, 0.5) is 18.0 Å². The largest absolute Gasteiger partial charge is 0.490 e. The van der Waals surface area contributed by atoms with Crippen LogP contribution in [-0.4, -0.2) is 73.8 Å². The summed E-state index contributed by atoms with van der Waals surface area (Å²) in [6.07, 6.45) is -3.96. The zero-order valence-electron chi connectivity index (χ0n) is 16.8. The standard InChI is InChI=1S/C20H26F3N3O4/c1-14(30-17-5-3-16(4-6-17)20(21,22)23)15-11-26(12-15)19(28)25-8-2-10-29-13-18(27)24-7-9-25/h3-6,14-15H,2,7-13H2,1H3,(H,24,27). The van der Waals surface area contributed by atoms with Gasteiger partial charge in [0.2, 0.25) is 5.91 Å². The molecule has 0 aliphatic carbocycles. The molecule has 1 aromatic carbocycles. The molecule has 0 aromatic heterocycles. The Morgan fingerprint density at radius 2 is 1.90 bits per heavy atom. The summed E-state index contributed by atoms with van der Waals surface area (Å²) in [6, 6.07) is 4.51. The van der Waals surface area contributed by atoms with E-state index in [2.05, 4.69) is 5.32 Å². The van der Waals surface area contributed by atoms with Crippen molar-refractivity contribution in [2.75, 3.05) is 45.9 Å². The van der Waals surface area contributed by atoms with Gasteiger partial charge in [-0.3, -0.25) is 4.79 Å². The van der Waals surface area contributed by atoms with E-state index < -0.39 is 11.7 Å². The van der Waals surface area contributed by atoms with Crippen molar-refractivity contribution in [3.63, 3.8) is 0 Å². The highest BCUT2D eigenvalue weighted by Crippen LogP contribution is 2.31. The maximum atomic E-state index is 12.7. The molecule has 2 heterocycles. The Bertz CT molecular complexity index is 736. The van der Waals surface area contributed by atoms with Crippen molar-refractivity contribution in [3.8, 4) is 5.75 Å². The molecule has 166 valence electrons. The molecular weight excluding hydrogens is 403 g/mol. The molecule has 30 heavy (non-hydrogen) atoms. The molecule has 0 spiro atoms. The number of nitrogens with one attached hydrogen (secondary N) is 1. The number of ether oxygens (including phenoxy) is 2. The average molecular weight is 429 g/mol. The fourth-order valence-electron chi connectivity index (χ4n) is 3.41. The number of carbonyl (C=O) groups is 2. The van der Waals surface area contributed by atoms with E-state index in [1.165, 1.54) is 12.1 Å². The quantitative estimate of drug-likeness (QED) is 0.801. The number of carbonyl (C=O) groups excluding carboxylic acids is 2. The molecule has 2 aliphatic heterocycles. The monoisotopic (exact) mass is 429 g/mol. The first-order valence-corrected chi connectivity index (χ1v) is 9.96.